The zero-order chi connectivity index (χ0) is 15.2. The van der Waals surface area contributed by atoms with Crippen LogP contribution in [0.4, 0.5) is 0 Å². The summed E-state index contributed by atoms with van der Waals surface area (Å²) in [4.78, 5) is 4.15. The second-order valence-electron chi connectivity index (χ2n) is 5.97. The lowest BCUT2D eigenvalue weighted by atomic mass is 9.91. The second-order valence-corrected chi connectivity index (χ2v) is 5.97. The molecular weight excluding hydrogens is 270 g/mol. The van der Waals surface area contributed by atoms with Crippen molar-refractivity contribution in [2.75, 3.05) is 7.05 Å². The molecule has 0 bridgehead atoms. The van der Waals surface area contributed by atoms with Gasteiger partial charge in [-0.25, -0.2) is 0 Å². The van der Waals surface area contributed by atoms with E-state index in [-0.39, 0.29) is 0 Å². The van der Waals surface area contributed by atoms with Crippen LogP contribution in [0.2, 0.25) is 0 Å². The van der Waals surface area contributed by atoms with Crippen LogP contribution >= 0.6 is 0 Å². The van der Waals surface area contributed by atoms with Crippen molar-refractivity contribution in [2.45, 2.75) is 31.8 Å². The highest BCUT2D eigenvalue weighted by molar-refractivity contribution is 5.59. The van der Waals surface area contributed by atoms with Crippen molar-refractivity contribution in [1.29, 1.82) is 0 Å². The zero-order valence-corrected chi connectivity index (χ0v) is 13.1. The number of rotatable bonds is 7. The molecule has 1 fully saturated rings. The predicted molar refractivity (Wildman–Crippen MR) is 91.7 cm³/mol. The second kappa shape index (κ2) is 7.26. The van der Waals surface area contributed by atoms with Crippen LogP contribution < -0.4 is 4.74 Å². The number of aliphatic imine (C=N–C) groups is 1. The zero-order valence-electron chi connectivity index (χ0n) is 13.1. The number of hydrogen-bond donors (Lipinski definition) is 0. The molecule has 0 heterocycles. The van der Waals surface area contributed by atoms with Gasteiger partial charge >= 0.3 is 0 Å². The summed E-state index contributed by atoms with van der Waals surface area (Å²) in [5, 5.41) is 0. The number of ether oxygens (including phenoxy) is 1. The molecule has 2 aromatic rings. The van der Waals surface area contributed by atoms with Gasteiger partial charge < -0.3 is 9.73 Å². The molecule has 1 atom stereocenters. The number of benzene rings is 2. The fourth-order valence-corrected chi connectivity index (χ4v) is 2.89. The van der Waals surface area contributed by atoms with E-state index in [9.17, 15) is 0 Å². The average molecular weight is 293 g/mol. The summed E-state index contributed by atoms with van der Waals surface area (Å²) in [5.74, 6) is 2.37. The highest BCUT2D eigenvalue weighted by atomic mass is 16.5. The minimum Gasteiger partial charge on any atom is -0.489 e. The first-order valence-electron chi connectivity index (χ1n) is 8.04. The standard InChI is InChI=1S/C20H23NO/c1-21-13-12-20(17-10-11-17)18-8-5-9-19(14-18)22-15-16-6-3-2-4-7-16/h2-9,13-14,17,20H,10-12,15H2,1H3/t20-/m0/s1. The van der Waals surface area contributed by atoms with Gasteiger partial charge in [0.05, 0.1) is 0 Å². The maximum atomic E-state index is 5.95. The molecule has 0 aliphatic heterocycles. The van der Waals surface area contributed by atoms with Crippen molar-refractivity contribution in [3.8, 4) is 5.75 Å². The van der Waals surface area contributed by atoms with Crippen molar-refractivity contribution in [3.63, 3.8) is 0 Å². The smallest absolute Gasteiger partial charge is 0.120 e. The summed E-state index contributed by atoms with van der Waals surface area (Å²) >= 11 is 0. The Morgan fingerprint density at radius 1 is 1.14 bits per heavy atom. The van der Waals surface area contributed by atoms with Gasteiger partial charge in [-0.1, -0.05) is 42.5 Å². The van der Waals surface area contributed by atoms with Crippen molar-refractivity contribution in [2.24, 2.45) is 10.9 Å². The molecule has 22 heavy (non-hydrogen) atoms. The van der Waals surface area contributed by atoms with E-state index in [0.29, 0.717) is 12.5 Å². The third kappa shape index (κ3) is 3.97. The Morgan fingerprint density at radius 2 is 1.95 bits per heavy atom. The normalized spacial score (nSPS) is 15.9. The summed E-state index contributed by atoms with van der Waals surface area (Å²) in [7, 11) is 1.85. The van der Waals surface area contributed by atoms with Crippen molar-refractivity contribution in [1.82, 2.24) is 0 Å². The minimum atomic E-state index is 0.587. The topological polar surface area (TPSA) is 21.6 Å². The molecule has 1 saturated carbocycles. The van der Waals surface area contributed by atoms with Crippen molar-refractivity contribution < 1.29 is 4.74 Å². The van der Waals surface area contributed by atoms with Crippen LogP contribution in [0.1, 0.15) is 36.3 Å². The molecule has 0 spiro atoms. The summed E-state index contributed by atoms with van der Waals surface area (Å²) in [5.41, 5.74) is 2.58. The Kier molecular flexibility index (Phi) is 4.89. The number of nitrogens with zero attached hydrogens (tertiary/aromatic N) is 1. The summed E-state index contributed by atoms with van der Waals surface area (Å²) in [6.07, 6.45) is 5.76. The monoisotopic (exact) mass is 293 g/mol. The molecule has 0 unspecified atom stereocenters. The third-order valence-electron chi connectivity index (χ3n) is 4.27. The van der Waals surface area contributed by atoms with Gasteiger partial charge in [0.2, 0.25) is 0 Å². The molecule has 1 aliphatic rings. The Balaban J connectivity index is 1.68. The lowest BCUT2D eigenvalue weighted by Gasteiger charge is -2.16. The lowest BCUT2D eigenvalue weighted by molar-refractivity contribution is 0.305. The maximum Gasteiger partial charge on any atom is 0.120 e. The molecule has 0 radical (unpaired) electrons. The molecule has 2 aromatic carbocycles. The first-order valence-corrected chi connectivity index (χ1v) is 8.04. The van der Waals surface area contributed by atoms with E-state index in [1.807, 2.05) is 37.5 Å². The maximum absolute atomic E-state index is 5.95. The van der Waals surface area contributed by atoms with Gasteiger partial charge in [0, 0.05) is 7.05 Å². The van der Waals surface area contributed by atoms with E-state index in [1.54, 1.807) is 0 Å². The van der Waals surface area contributed by atoms with Gasteiger partial charge in [0.15, 0.2) is 0 Å². The first-order chi connectivity index (χ1) is 10.9. The van der Waals surface area contributed by atoms with E-state index >= 15 is 0 Å². The van der Waals surface area contributed by atoms with Crippen LogP contribution in [0.25, 0.3) is 0 Å². The molecule has 0 N–H and O–H groups in total. The van der Waals surface area contributed by atoms with Gasteiger partial charge in [0.1, 0.15) is 12.4 Å². The largest absolute Gasteiger partial charge is 0.489 e. The van der Waals surface area contributed by atoms with Crippen molar-refractivity contribution >= 4 is 6.21 Å². The summed E-state index contributed by atoms with van der Waals surface area (Å²) in [6, 6.07) is 18.9. The Hall–Kier alpha value is -2.09. The Labute approximate surface area is 132 Å². The molecule has 3 rings (SSSR count). The molecule has 2 nitrogen and oxygen atoms in total. The molecular formula is C20H23NO. The Bertz CT molecular complexity index is 617. The minimum absolute atomic E-state index is 0.587. The molecule has 2 heteroatoms. The SMILES string of the molecule is CN=CC[C@H](c1cccc(OCc2ccccc2)c1)C1CC1. The molecule has 0 saturated heterocycles. The van der Waals surface area contributed by atoms with Crippen LogP contribution in [-0.2, 0) is 6.61 Å². The quantitative estimate of drug-likeness (QED) is 0.669. The van der Waals surface area contributed by atoms with Gasteiger partial charge in [-0.15, -0.1) is 0 Å². The van der Waals surface area contributed by atoms with Crippen molar-refractivity contribution in [3.05, 3.63) is 65.7 Å². The lowest BCUT2D eigenvalue weighted by Crippen LogP contribution is -2.03. The predicted octanol–water partition coefficient (Wildman–Crippen LogP) is 4.85. The van der Waals surface area contributed by atoms with Gasteiger partial charge in [-0.3, -0.25) is 0 Å². The Morgan fingerprint density at radius 3 is 2.68 bits per heavy atom. The van der Waals surface area contributed by atoms with E-state index in [2.05, 4.69) is 35.3 Å². The van der Waals surface area contributed by atoms with Gasteiger partial charge in [-0.2, -0.15) is 0 Å². The molecule has 0 amide bonds. The van der Waals surface area contributed by atoms with Crippen LogP contribution in [0.5, 0.6) is 5.75 Å². The van der Waals surface area contributed by atoms with Crippen LogP contribution in [-0.4, -0.2) is 13.3 Å². The first kappa shape index (κ1) is 14.8. The van der Waals surface area contributed by atoms with E-state index in [1.165, 1.54) is 24.0 Å². The molecule has 0 aromatic heterocycles. The third-order valence-corrected chi connectivity index (χ3v) is 4.27. The highest BCUT2D eigenvalue weighted by Crippen LogP contribution is 2.44. The van der Waals surface area contributed by atoms with Crippen LogP contribution in [0, 0.1) is 5.92 Å². The fourth-order valence-electron chi connectivity index (χ4n) is 2.89. The molecule has 114 valence electrons. The fraction of sp³-hybridized carbons (Fsp3) is 0.350. The van der Waals surface area contributed by atoms with Crippen LogP contribution in [0.15, 0.2) is 59.6 Å². The van der Waals surface area contributed by atoms with E-state index < -0.39 is 0 Å². The number of hydrogen-bond acceptors (Lipinski definition) is 2. The van der Waals surface area contributed by atoms with E-state index in [4.69, 9.17) is 4.74 Å². The van der Waals surface area contributed by atoms with Crippen LogP contribution in [0.3, 0.4) is 0 Å². The van der Waals surface area contributed by atoms with E-state index in [0.717, 1.165) is 18.1 Å². The molecule has 1 aliphatic carbocycles. The van der Waals surface area contributed by atoms with Gasteiger partial charge in [-0.05, 0) is 60.6 Å². The summed E-state index contributed by atoms with van der Waals surface area (Å²) < 4.78 is 5.95. The summed E-state index contributed by atoms with van der Waals surface area (Å²) in [6.45, 7) is 0.620. The average Bonchev–Trinajstić information content (AvgIpc) is 3.40. The highest BCUT2D eigenvalue weighted by Gasteiger charge is 2.31. The van der Waals surface area contributed by atoms with Gasteiger partial charge in [0.25, 0.3) is 0 Å².